The Labute approximate surface area is 143 Å². The summed E-state index contributed by atoms with van der Waals surface area (Å²) < 4.78 is 10.5. The van der Waals surface area contributed by atoms with Crippen LogP contribution in [0.25, 0.3) is 0 Å². The molecule has 0 bridgehead atoms. The molecule has 1 N–H and O–H groups in total. The summed E-state index contributed by atoms with van der Waals surface area (Å²) >= 11 is 0. The van der Waals surface area contributed by atoms with Gasteiger partial charge >= 0.3 is 0 Å². The first-order chi connectivity index (χ1) is 11.7. The fourth-order valence-corrected chi connectivity index (χ4v) is 2.25. The summed E-state index contributed by atoms with van der Waals surface area (Å²) in [5.74, 6) is 1.51. The maximum absolute atomic E-state index is 12.1. The summed E-state index contributed by atoms with van der Waals surface area (Å²) in [5.41, 5.74) is 1.86. The first kappa shape index (κ1) is 17.6. The van der Waals surface area contributed by atoms with E-state index in [1.165, 1.54) is 5.56 Å². The van der Waals surface area contributed by atoms with Gasteiger partial charge in [0.15, 0.2) is 0 Å². The van der Waals surface area contributed by atoms with Crippen molar-refractivity contribution in [1.82, 2.24) is 5.32 Å². The normalized spacial score (nSPS) is 10.0. The van der Waals surface area contributed by atoms with Gasteiger partial charge in [-0.2, -0.15) is 0 Å². The molecule has 0 aromatic heterocycles. The van der Waals surface area contributed by atoms with E-state index in [0.717, 1.165) is 24.3 Å². The molecule has 126 valence electrons. The number of carbonyl (C=O) groups excluding carboxylic acids is 1. The Hall–Kier alpha value is -2.75. The zero-order valence-electron chi connectivity index (χ0n) is 14.0. The number of rotatable bonds is 9. The smallest absolute Gasteiger partial charge is 0.251 e. The highest BCUT2D eigenvalue weighted by Crippen LogP contribution is 2.13. The number of benzene rings is 2. The van der Waals surface area contributed by atoms with Crippen molar-refractivity contribution in [2.45, 2.75) is 12.8 Å². The molecule has 0 atom stereocenters. The lowest BCUT2D eigenvalue weighted by atomic mass is 10.1. The summed E-state index contributed by atoms with van der Waals surface area (Å²) in [6.07, 6.45) is 3.49. The van der Waals surface area contributed by atoms with Gasteiger partial charge in [0, 0.05) is 12.1 Å². The fraction of sp³-hybridized carbons (Fsp3) is 0.250. The van der Waals surface area contributed by atoms with Crippen molar-refractivity contribution >= 4 is 5.91 Å². The Morgan fingerprint density at radius 1 is 1.08 bits per heavy atom. The lowest BCUT2D eigenvalue weighted by Gasteiger charge is -2.07. The standard InChI is InChI=1S/C20H23NO3/c1-3-15-24-19-12-8-17(9-13-19)20(22)21-14-4-5-16-6-10-18(23-2)11-7-16/h3,6-13H,1,4-5,14-15H2,2H3,(H,21,22). The molecule has 0 saturated carbocycles. The second kappa shape index (κ2) is 9.40. The molecule has 0 aliphatic rings. The third-order valence-corrected chi connectivity index (χ3v) is 3.57. The van der Waals surface area contributed by atoms with Crippen molar-refractivity contribution in [3.8, 4) is 11.5 Å². The molecule has 0 radical (unpaired) electrons. The number of hydrogen-bond acceptors (Lipinski definition) is 3. The minimum atomic E-state index is -0.0694. The van der Waals surface area contributed by atoms with Crippen LogP contribution in [0, 0.1) is 0 Å². The Balaban J connectivity index is 1.73. The van der Waals surface area contributed by atoms with Crippen LogP contribution in [0.3, 0.4) is 0 Å². The van der Waals surface area contributed by atoms with Crippen LogP contribution in [0.15, 0.2) is 61.2 Å². The Kier molecular flexibility index (Phi) is 6.90. The molecule has 0 aliphatic heterocycles. The van der Waals surface area contributed by atoms with E-state index in [1.54, 1.807) is 37.5 Å². The molecule has 24 heavy (non-hydrogen) atoms. The molecule has 0 aliphatic carbocycles. The van der Waals surface area contributed by atoms with Crippen LogP contribution < -0.4 is 14.8 Å². The molecule has 0 spiro atoms. The maximum atomic E-state index is 12.1. The second-order valence-electron chi connectivity index (χ2n) is 5.33. The monoisotopic (exact) mass is 325 g/mol. The highest BCUT2D eigenvalue weighted by molar-refractivity contribution is 5.94. The molecule has 1 amide bonds. The van der Waals surface area contributed by atoms with Crippen LogP contribution in [-0.2, 0) is 6.42 Å². The number of aryl methyl sites for hydroxylation is 1. The molecule has 0 fully saturated rings. The first-order valence-corrected chi connectivity index (χ1v) is 7.98. The highest BCUT2D eigenvalue weighted by Gasteiger charge is 2.05. The van der Waals surface area contributed by atoms with Crippen molar-refractivity contribution < 1.29 is 14.3 Å². The third kappa shape index (κ3) is 5.47. The molecular weight excluding hydrogens is 302 g/mol. The van der Waals surface area contributed by atoms with E-state index < -0.39 is 0 Å². The van der Waals surface area contributed by atoms with Gasteiger partial charge in [0.2, 0.25) is 0 Å². The summed E-state index contributed by atoms with van der Waals surface area (Å²) in [6, 6.07) is 15.1. The molecule has 2 aromatic rings. The van der Waals surface area contributed by atoms with Gasteiger partial charge in [-0.05, 0) is 54.8 Å². The van der Waals surface area contributed by atoms with E-state index >= 15 is 0 Å². The number of methoxy groups -OCH3 is 1. The largest absolute Gasteiger partial charge is 0.497 e. The van der Waals surface area contributed by atoms with E-state index in [2.05, 4.69) is 11.9 Å². The quantitative estimate of drug-likeness (QED) is 0.566. The third-order valence-electron chi connectivity index (χ3n) is 3.57. The van der Waals surface area contributed by atoms with Gasteiger partial charge in [0.05, 0.1) is 7.11 Å². The number of amides is 1. The number of carbonyl (C=O) groups is 1. The molecule has 0 unspecified atom stereocenters. The molecule has 4 nitrogen and oxygen atoms in total. The molecule has 2 rings (SSSR count). The van der Waals surface area contributed by atoms with Gasteiger partial charge in [-0.3, -0.25) is 4.79 Å². The van der Waals surface area contributed by atoms with Gasteiger partial charge < -0.3 is 14.8 Å². The Morgan fingerprint density at radius 2 is 1.75 bits per heavy atom. The van der Waals surface area contributed by atoms with Crippen molar-refractivity contribution in [1.29, 1.82) is 0 Å². The maximum Gasteiger partial charge on any atom is 0.251 e. The lowest BCUT2D eigenvalue weighted by molar-refractivity contribution is 0.0953. The predicted molar refractivity (Wildman–Crippen MR) is 95.8 cm³/mol. The minimum absolute atomic E-state index is 0.0694. The van der Waals surface area contributed by atoms with Crippen molar-refractivity contribution in [3.63, 3.8) is 0 Å². The molecule has 0 heterocycles. The SMILES string of the molecule is C=CCOc1ccc(C(=O)NCCCc2ccc(OC)cc2)cc1. The zero-order valence-corrected chi connectivity index (χ0v) is 14.0. The van der Waals surface area contributed by atoms with Crippen LogP contribution in [0.4, 0.5) is 0 Å². The topological polar surface area (TPSA) is 47.6 Å². The van der Waals surface area contributed by atoms with Gasteiger partial charge in [-0.25, -0.2) is 0 Å². The molecule has 0 saturated heterocycles. The average molecular weight is 325 g/mol. The fourth-order valence-electron chi connectivity index (χ4n) is 2.25. The summed E-state index contributed by atoms with van der Waals surface area (Å²) in [4.78, 5) is 12.1. The number of nitrogens with one attached hydrogen (secondary N) is 1. The minimum Gasteiger partial charge on any atom is -0.497 e. The molecular formula is C20H23NO3. The highest BCUT2D eigenvalue weighted by atomic mass is 16.5. The van der Waals surface area contributed by atoms with Gasteiger partial charge in [-0.15, -0.1) is 0 Å². The van der Waals surface area contributed by atoms with Crippen molar-refractivity contribution in [3.05, 3.63) is 72.3 Å². The number of hydrogen-bond donors (Lipinski definition) is 1. The Bertz CT molecular complexity index is 648. The van der Waals surface area contributed by atoms with Gasteiger partial charge in [0.25, 0.3) is 5.91 Å². The number of ether oxygens (including phenoxy) is 2. The average Bonchev–Trinajstić information content (AvgIpc) is 2.64. The van der Waals surface area contributed by atoms with E-state index in [1.807, 2.05) is 24.3 Å². The van der Waals surface area contributed by atoms with Crippen LogP contribution in [0.1, 0.15) is 22.3 Å². The van der Waals surface area contributed by atoms with E-state index in [-0.39, 0.29) is 5.91 Å². The van der Waals surface area contributed by atoms with Crippen molar-refractivity contribution in [2.24, 2.45) is 0 Å². The lowest BCUT2D eigenvalue weighted by Crippen LogP contribution is -2.24. The summed E-state index contributed by atoms with van der Waals surface area (Å²) in [5, 5.41) is 2.93. The van der Waals surface area contributed by atoms with Crippen LogP contribution in [-0.4, -0.2) is 26.2 Å². The Morgan fingerprint density at radius 3 is 2.38 bits per heavy atom. The summed E-state index contributed by atoms with van der Waals surface area (Å²) in [7, 11) is 1.66. The first-order valence-electron chi connectivity index (χ1n) is 7.98. The second-order valence-corrected chi connectivity index (χ2v) is 5.33. The van der Waals surface area contributed by atoms with E-state index in [4.69, 9.17) is 9.47 Å². The molecule has 4 heteroatoms. The van der Waals surface area contributed by atoms with Crippen LogP contribution >= 0.6 is 0 Å². The van der Waals surface area contributed by atoms with Gasteiger partial charge in [-0.1, -0.05) is 24.8 Å². The van der Waals surface area contributed by atoms with Gasteiger partial charge in [0.1, 0.15) is 18.1 Å². The van der Waals surface area contributed by atoms with Crippen LogP contribution in [0.5, 0.6) is 11.5 Å². The predicted octanol–water partition coefficient (Wildman–Crippen LogP) is 3.62. The van der Waals surface area contributed by atoms with E-state index in [0.29, 0.717) is 18.7 Å². The van der Waals surface area contributed by atoms with Crippen LogP contribution in [0.2, 0.25) is 0 Å². The van der Waals surface area contributed by atoms with E-state index in [9.17, 15) is 4.79 Å². The van der Waals surface area contributed by atoms with Crippen molar-refractivity contribution in [2.75, 3.05) is 20.3 Å². The molecule has 2 aromatic carbocycles. The zero-order chi connectivity index (χ0) is 17.2. The summed E-state index contributed by atoms with van der Waals surface area (Å²) in [6.45, 7) is 4.69.